The Morgan fingerprint density at radius 2 is 2.28 bits per heavy atom. The lowest BCUT2D eigenvalue weighted by atomic mass is 10.3. The van der Waals surface area contributed by atoms with Gasteiger partial charge in [0.15, 0.2) is 0 Å². The second kappa shape index (κ2) is 6.31. The second-order valence-corrected chi connectivity index (χ2v) is 5.19. The molecule has 0 saturated carbocycles. The fraction of sp³-hybridized carbons (Fsp3) is 0.333. The van der Waals surface area contributed by atoms with Gasteiger partial charge >= 0.3 is 0 Å². The summed E-state index contributed by atoms with van der Waals surface area (Å²) in [7, 11) is 0. The zero-order valence-electron chi connectivity index (χ0n) is 10.0. The smallest absolute Gasteiger partial charge is 0.0969 e. The van der Waals surface area contributed by atoms with Crippen LogP contribution in [-0.2, 0) is 6.54 Å². The third-order valence-corrected chi connectivity index (χ3v) is 3.67. The van der Waals surface area contributed by atoms with E-state index < -0.39 is 0 Å². The van der Waals surface area contributed by atoms with Crippen LogP contribution in [0, 0.1) is 0 Å². The van der Waals surface area contributed by atoms with Gasteiger partial charge < -0.3 is 5.32 Å². The van der Waals surface area contributed by atoms with Crippen LogP contribution in [0.4, 0.5) is 0 Å². The van der Waals surface area contributed by atoms with Gasteiger partial charge in [0.05, 0.1) is 22.6 Å². The predicted molar refractivity (Wildman–Crippen MR) is 76.1 cm³/mol. The van der Waals surface area contributed by atoms with Gasteiger partial charge in [0.1, 0.15) is 0 Å². The predicted octanol–water partition coefficient (Wildman–Crippen LogP) is 3.18. The van der Waals surface area contributed by atoms with E-state index in [0.29, 0.717) is 5.02 Å². The summed E-state index contributed by atoms with van der Waals surface area (Å²) in [6.45, 7) is 3.85. The molecule has 96 valence electrons. The van der Waals surface area contributed by atoms with E-state index in [1.165, 1.54) is 0 Å². The maximum absolute atomic E-state index is 6.05. The second-order valence-electron chi connectivity index (χ2n) is 3.93. The number of nitrogens with one attached hydrogen (secondary N) is 1. The standard InChI is InChI=1S/C12H14BrClN4/c1-2-5-15-7-9-8-18(17-16-9)10-3-4-11(13)12(14)6-10/h3-4,6,8,15H,2,5,7H2,1H3. The van der Waals surface area contributed by atoms with E-state index in [4.69, 9.17) is 11.6 Å². The van der Waals surface area contributed by atoms with Crippen molar-refractivity contribution in [2.75, 3.05) is 6.54 Å². The van der Waals surface area contributed by atoms with Crippen molar-refractivity contribution in [3.05, 3.63) is 39.6 Å². The molecule has 0 bridgehead atoms. The number of aromatic nitrogens is 3. The first-order valence-electron chi connectivity index (χ1n) is 5.78. The van der Waals surface area contributed by atoms with Gasteiger partial charge in [-0.3, -0.25) is 0 Å². The summed E-state index contributed by atoms with van der Waals surface area (Å²) in [5.41, 5.74) is 1.82. The molecular weight excluding hydrogens is 316 g/mol. The average Bonchev–Trinajstić information content (AvgIpc) is 2.82. The molecular formula is C12H14BrClN4. The molecule has 0 aliphatic carbocycles. The van der Waals surface area contributed by atoms with Crippen LogP contribution in [0.25, 0.3) is 5.69 Å². The molecule has 2 rings (SSSR count). The molecule has 0 amide bonds. The first kappa shape index (κ1) is 13.5. The molecule has 0 spiro atoms. The third-order valence-electron chi connectivity index (χ3n) is 2.44. The summed E-state index contributed by atoms with van der Waals surface area (Å²) >= 11 is 9.41. The van der Waals surface area contributed by atoms with E-state index in [1.807, 2.05) is 24.4 Å². The molecule has 1 heterocycles. The Hall–Kier alpha value is -0.910. The van der Waals surface area contributed by atoms with E-state index in [9.17, 15) is 0 Å². The van der Waals surface area contributed by atoms with E-state index in [1.54, 1.807) is 4.68 Å². The zero-order valence-corrected chi connectivity index (χ0v) is 12.4. The lowest BCUT2D eigenvalue weighted by Crippen LogP contribution is -2.13. The highest BCUT2D eigenvalue weighted by Crippen LogP contribution is 2.24. The van der Waals surface area contributed by atoms with E-state index in [-0.39, 0.29) is 0 Å². The van der Waals surface area contributed by atoms with E-state index in [0.717, 1.165) is 35.4 Å². The third kappa shape index (κ3) is 3.31. The maximum atomic E-state index is 6.05. The van der Waals surface area contributed by atoms with Crippen molar-refractivity contribution >= 4 is 27.5 Å². The van der Waals surface area contributed by atoms with Gasteiger partial charge in [-0.05, 0) is 47.1 Å². The highest BCUT2D eigenvalue weighted by atomic mass is 79.9. The minimum Gasteiger partial charge on any atom is -0.311 e. The van der Waals surface area contributed by atoms with Crippen molar-refractivity contribution in [1.82, 2.24) is 20.3 Å². The molecule has 0 saturated heterocycles. The van der Waals surface area contributed by atoms with Gasteiger partial charge in [0.25, 0.3) is 0 Å². The molecule has 1 N–H and O–H groups in total. The van der Waals surface area contributed by atoms with Gasteiger partial charge in [-0.15, -0.1) is 5.10 Å². The fourth-order valence-electron chi connectivity index (χ4n) is 1.53. The van der Waals surface area contributed by atoms with Crippen molar-refractivity contribution in [1.29, 1.82) is 0 Å². The lowest BCUT2D eigenvalue weighted by Gasteiger charge is -2.02. The minimum absolute atomic E-state index is 0.661. The Balaban J connectivity index is 2.11. The van der Waals surface area contributed by atoms with E-state index in [2.05, 4.69) is 38.5 Å². The summed E-state index contributed by atoms with van der Waals surface area (Å²) in [6.07, 6.45) is 3.01. The first-order valence-corrected chi connectivity index (χ1v) is 6.95. The quantitative estimate of drug-likeness (QED) is 0.857. The Morgan fingerprint density at radius 3 is 3.00 bits per heavy atom. The van der Waals surface area contributed by atoms with Crippen LogP contribution in [0.15, 0.2) is 28.9 Å². The van der Waals surface area contributed by atoms with Crippen LogP contribution >= 0.6 is 27.5 Å². The van der Waals surface area contributed by atoms with Crippen LogP contribution in [0.2, 0.25) is 5.02 Å². The number of hydrogen-bond acceptors (Lipinski definition) is 3. The summed E-state index contributed by atoms with van der Waals surface area (Å²) in [4.78, 5) is 0. The summed E-state index contributed by atoms with van der Waals surface area (Å²) in [5.74, 6) is 0. The van der Waals surface area contributed by atoms with Crippen LogP contribution in [0.3, 0.4) is 0 Å². The molecule has 18 heavy (non-hydrogen) atoms. The fourth-order valence-corrected chi connectivity index (χ4v) is 1.95. The van der Waals surface area contributed by atoms with Crippen molar-refractivity contribution in [2.24, 2.45) is 0 Å². The normalized spacial score (nSPS) is 10.8. The largest absolute Gasteiger partial charge is 0.311 e. The molecule has 2 aromatic rings. The topological polar surface area (TPSA) is 42.7 Å². The van der Waals surface area contributed by atoms with Crippen molar-refractivity contribution in [3.63, 3.8) is 0 Å². The number of hydrogen-bond donors (Lipinski definition) is 1. The minimum atomic E-state index is 0.661. The molecule has 0 aliphatic rings. The number of nitrogens with zero attached hydrogens (tertiary/aromatic N) is 3. The van der Waals surface area contributed by atoms with Gasteiger partial charge in [0, 0.05) is 11.0 Å². The molecule has 0 unspecified atom stereocenters. The average molecular weight is 330 g/mol. The monoisotopic (exact) mass is 328 g/mol. The van der Waals surface area contributed by atoms with Crippen LogP contribution in [0.1, 0.15) is 19.0 Å². The van der Waals surface area contributed by atoms with Crippen LogP contribution in [-0.4, -0.2) is 21.5 Å². The van der Waals surface area contributed by atoms with Gasteiger partial charge in [0.2, 0.25) is 0 Å². The Bertz CT molecular complexity index is 527. The van der Waals surface area contributed by atoms with Gasteiger partial charge in [-0.25, -0.2) is 4.68 Å². The zero-order chi connectivity index (χ0) is 13.0. The highest BCUT2D eigenvalue weighted by Gasteiger charge is 2.04. The van der Waals surface area contributed by atoms with Gasteiger partial charge in [-0.1, -0.05) is 23.7 Å². The number of benzene rings is 1. The molecule has 6 heteroatoms. The Morgan fingerprint density at radius 1 is 1.44 bits per heavy atom. The van der Waals surface area contributed by atoms with Crippen molar-refractivity contribution < 1.29 is 0 Å². The summed E-state index contributed by atoms with van der Waals surface area (Å²) in [6, 6.07) is 5.69. The number of halogens is 2. The highest BCUT2D eigenvalue weighted by molar-refractivity contribution is 9.10. The van der Waals surface area contributed by atoms with Gasteiger partial charge in [-0.2, -0.15) is 0 Å². The summed E-state index contributed by atoms with van der Waals surface area (Å²) < 4.78 is 2.60. The molecule has 0 atom stereocenters. The SMILES string of the molecule is CCCNCc1cn(-c2ccc(Br)c(Cl)c2)nn1. The number of rotatable bonds is 5. The maximum Gasteiger partial charge on any atom is 0.0969 e. The van der Waals surface area contributed by atoms with Crippen molar-refractivity contribution in [2.45, 2.75) is 19.9 Å². The molecule has 1 aromatic carbocycles. The molecule has 0 aliphatic heterocycles. The molecule has 0 fully saturated rings. The Kier molecular flexibility index (Phi) is 4.74. The molecule has 1 aromatic heterocycles. The molecule has 4 nitrogen and oxygen atoms in total. The summed E-state index contributed by atoms with van der Waals surface area (Å²) in [5, 5.41) is 12.1. The molecule has 0 radical (unpaired) electrons. The van der Waals surface area contributed by atoms with Crippen molar-refractivity contribution in [3.8, 4) is 5.69 Å². The Labute approximate surface area is 119 Å². The first-order chi connectivity index (χ1) is 8.70. The van der Waals surface area contributed by atoms with Crippen LogP contribution in [0.5, 0.6) is 0 Å². The van der Waals surface area contributed by atoms with E-state index >= 15 is 0 Å². The lowest BCUT2D eigenvalue weighted by molar-refractivity contribution is 0.662. The van der Waals surface area contributed by atoms with Crippen LogP contribution < -0.4 is 5.32 Å².